The second-order valence-electron chi connectivity index (χ2n) is 22.4. The third-order valence-corrected chi connectivity index (χ3v) is 15.6. The molecular weight excluding hydrogens is 1230 g/mol. The first kappa shape index (κ1) is 63.2. The van der Waals surface area contributed by atoms with Crippen molar-refractivity contribution in [2.75, 3.05) is 7.11 Å². The van der Waals surface area contributed by atoms with Crippen molar-refractivity contribution in [1.82, 2.24) is 0 Å². The van der Waals surface area contributed by atoms with E-state index in [0.717, 1.165) is 0 Å². The van der Waals surface area contributed by atoms with Crippen LogP contribution in [0.15, 0.2) is 322 Å². The van der Waals surface area contributed by atoms with Crippen molar-refractivity contribution in [2.45, 2.75) is 0 Å². The Balaban J connectivity index is 0.717. The Bertz CT molecular complexity index is 4500. The van der Waals surface area contributed by atoms with E-state index >= 15 is 0 Å². The predicted octanol–water partition coefficient (Wildman–Crippen LogP) is 19.8. The average Bonchev–Trinajstić information content (AvgIpc) is 0.825. The molecule has 474 valence electrons. The minimum Gasteiger partial charge on any atom is -0.497 e. The summed E-state index contributed by atoms with van der Waals surface area (Å²) in [4.78, 5) is 85.7. The summed E-state index contributed by atoms with van der Waals surface area (Å²) in [6, 6.07) is 90.3. The zero-order chi connectivity index (χ0) is 67.3. The van der Waals surface area contributed by atoms with E-state index < -0.39 is 11.6 Å². The van der Waals surface area contributed by atoms with E-state index in [0.29, 0.717) is 79.7 Å². The SMILES string of the molecule is COc1cc(C(=O)c2ccc(Oc3cc(C(=O)c4ccc(Oc5ccccc5)cc4)cc(C(=O)c4ccc(Oc5ccccc5)cc4)c3)cc2)cc(C(=O)c2ccc(Oc3cc(C(=O)c4ccc(Oc5ccccc5)cc4)cc(C(=O)c4ccc(Oc5ccccc5)cc4)c3)cc2)c1. The van der Waals surface area contributed by atoms with Crippen molar-refractivity contribution in [2.24, 2.45) is 0 Å². The molecule has 13 nitrogen and oxygen atoms in total. The Hall–Kier alpha value is -13.5. The van der Waals surface area contributed by atoms with Crippen molar-refractivity contribution < 1.29 is 61.9 Å². The smallest absolute Gasteiger partial charge is 0.193 e. The van der Waals surface area contributed by atoms with Gasteiger partial charge >= 0.3 is 0 Å². The summed E-state index contributed by atoms with van der Waals surface area (Å²) in [5, 5.41) is 0. The summed E-state index contributed by atoms with van der Waals surface area (Å²) in [7, 11) is 1.43. The molecule has 13 heteroatoms. The number of para-hydroxylation sites is 4. The van der Waals surface area contributed by atoms with Gasteiger partial charge in [-0.3, -0.25) is 28.8 Å². The third-order valence-electron chi connectivity index (χ3n) is 15.6. The Kier molecular flexibility index (Phi) is 18.8. The van der Waals surface area contributed by atoms with E-state index in [1.807, 2.05) is 121 Å². The number of ether oxygens (including phenoxy) is 7. The normalized spacial score (nSPS) is 10.7. The molecule has 0 bridgehead atoms. The lowest BCUT2D eigenvalue weighted by molar-refractivity contribution is 0.102. The summed E-state index contributed by atoms with van der Waals surface area (Å²) < 4.78 is 42.1. The van der Waals surface area contributed by atoms with Crippen LogP contribution in [-0.2, 0) is 0 Å². The highest BCUT2D eigenvalue weighted by Gasteiger charge is 2.22. The molecule has 0 atom stereocenters. The van der Waals surface area contributed by atoms with Gasteiger partial charge in [0.25, 0.3) is 0 Å². The number of rotatable bonds is 25. The molecule has 0 N–H and O–H groups in total. The van der Waals surface area contributed by atoms with Crippen molar-refractivity contribution >= 4 is 34.7 Å². The Morgan fingerprint density at radius 3 is 0.490 bits per heavy atom. The van der Waals surface area contributed by atoms with Gasteiger partial charge in [-0.25, -0.2) is 0 Å². The molecule has 98 heavy (non-hydrogen) atoms. The Morgan fingerprint density at radius 2 is 0.316 bits per heavy atom. The monoisotopic (exact) mass is 1280 g/mol. The van der Waals surface area contributed by atoms with Gasteiger partial charge < -0.3 is 33.2 Å². The molecule has 0 unspecified atom stereocenters. The maximum absolute atomic E-state index is 14.3. The van der Waals surface area contributed by atoms with Crippen molar-refractivity contribution in [1.29, 1.82) is 0 Å². The van der Waals surface area contributed by atoms with E-state index in [2.05, 4.69) is 0 Å². The van der Waals surface area contributed by atoms with Crippen LogP contribution < -0.4 is 33.2 Å². The van der Waals surface area contributed by atoms with Crippen LogP contribution in [0.1, 0.15) is 95.5 Å². The summed E-state index contributed by atoms with van der Waals surface area (Å²) in [5.41, 5.74) is 3.01. The van der Waals surface area contributed by atoms with Crippen LogP contribution in [0.3, 0.4) is 0 Å². The second kappa shape index (κ2) is 29.2. The number of carbonyl (C=O) groups excluding carboxylic acids is 6. The van der Waals surface area contributed by atoms with Crippen LogP contribution in [0.25, 0.3) is 0 Å². The number of ketones is 6. The Morgan fingerprint density at radius 1 is 0.163 bits per heavy atom. The third kappa shape index (κ3) is 15.4. The number of carbonyl (C=O) groups is 6. The number of hydrogen-bond donors (Lipinski definition) is 0. The van der Waals surface area contributed by atoms with Gasteiger partial charge in [0.15, 0.2) is 34.7 Å². The molecule has 13 aromatic rings. The first-order chi connectivity index (χ1) is 47.9. The van der Waals surface area contributed by atoms with Crippen LogP contribution in [-0.4, -0.2) is 41.8 Å². The number of benzene rings is 13. The largest absolute Gasteiger partial charge is 0.497 e. The number of methoxy groups -OCH3 is 1. The molecule has 0 amide bonds. The van der Waals surface area contributed by atoms with E-state index in [-0.39, 0.29) is 84.9 Å². The summed E-state index contributed by atoms with van der Waals surface area (Å²) in [5.74, 6) is 3.60. The molecule has 13 rings (SSSR count). The van der Waals surface area contributed by atoms with Crippen molar-refractivity contribution in [3.05, 3.63) is 388 Å². The first-order valence-electron chi connectivity index (χ1n) is 31.1. The molecule has 0 spiro atoms. The van der Waals surface area contributed by atoms with Gasteiger partial charge in [-0.2, -0.15) is 0 Å². The highest BCUT2D eigenvalue weighted by molar-refractivity contribution is 6.16. The van der Waals surface area contributed by atoms with E-state index in [1.165, 1.54) is 37.4 Å². The van der Waals surface area contributed by atoms with Crippen molar-refractivity contribution in [3.8, 4) is 74.7 Å². The minimum atomic E-state index is -0.421. The summed E-state index contributed by atoms with van der Waals surface area (Å²) >= 11 is 0. The van der Waals surface area contributed by atoms with Crippen LogP contribution in [0.2, 0.25) is 0 Å². The van der Waals surface area contributed by atoms with Gasteiger partial charge in [0.2, 0.25) is 0 Å². The lowest BCUT2D eigenvalue weighted by atomic mass is 9.96. The fraction of sp³-hybridized carbons (Fsp3) is 0.0118. The lowest BCUT2D eigenvalue weighted by Gasteiger charge is -2.13. The quantitative estimate of drug-likeness (QED) is 0.0496. The van der Waals surface area contributed by atoms with Crippen LogP contribution in [0.4, 0.5) is 0 Å². The molecule has 0 heterocycles. The second-order valence-corrected chi connectivity index (χ2v) is 22.4. The van der Waals surface area contributed by atoms with Gasteiger partial charge in [0, 0.05) is 66.8 Å². The molecule has 0 fully saturated rings. The maximum atomic E-state index is 14.3. The van der Waals surface area contributed by atoms with Crippen LogP contribution in [0, 0.1) is 0 Å². The maximum Gasteiger partial charge on any atom is 0.193 e. The molecule has 13 aromatic carbocycles. The van der Waals surface area contributed by atoms with Crippen LogP contribution >= 0.6 is 0 Å². The molecule has 0 saturated carbocycles. The average molecular weight is 1290 g/mol. The molecule has 0 radical (unpaired) electrons. The first-order valence-corrected chi connectivity index (χ1v) is 31.1. The highest BCUT2D eigenvalue weighted by atomic mass is 16.5. The van der Waals surface area contributed by atoms with E-state index in [1.54, 1.807) is 170 Å². The fourth-order valence-corrected chi connectivity index (χ4v) is 10.6. The molecule has 0 saturated heterocycles. The molecule has 0 aliphatic rings. The topological polar surface area (TPSA) is 167 Å². The Labute approximate surface area is 563 Å². The highest BCUT2D eigenvalue weighted by Crippen LogP contribution is 2.34. The zero-order valence-corrected chi connectivity index (χ0v) is 52.4. The van der Waals surface area contributed by atoms with E-state index in [9.17, 15) is 28.8 Å². The fourth-order valence-electron chi connectivity index (χ4n) is 10.6. The van der Waals surface area contributed by atoms with Gasteiger partial charge in [-0.05, 0) is 249 Å². The van der Waals surface area contributed by atoms with Gasteiger partial charge in [0.1, 0.15) is 74.7 Å². The van der Waals surface area contributed by atoms with Crippen LogP contribution in [0.5, 0.6) is 74.7 Å². The van der Waals surface area contributed by atoms with Crippen molar-refractivity contribution in [3.63, 3.8) is 0 Å². The standard InChI is InChI=1S/C85H56O13/c1-92-77-49-61(80(86)55-30-42-75(43-31-55)97-78-51-63(82(88)57-22-34-71(35-23-57)93-67-14-6-2-7-15-67)47-64(52-78)83(89)58-24-36-72(37-25-58)94-68-16-8-3-9-17-68)46-62(50-77)81(87)56-32-44-76(45-33-56)98-79-53-65(84(90)59-26-38-73(39-27-59)95-69-18-10-4-11-19-69)48-66(54-79)85(91)60-28-40-74(41-29-60)96-70-20-12-5-13-21-70/h2-54H,1H3. The van der Waals surface area contributed by atoms with Gasteiger partial charge in [0.05, 0.1) is 7.11 Å². The lowest BCUT2D eigenvalue weighted by Crippen LogP contribution is -2.08. The van der Waals surface area contributed by atoms with Gasteiger partial charge in [-0.15, -0.1) is 0 Å². The van der Waals surface area contributed by atoms with E-state index in [4.69, 9.17) is 33.2 Å². The molecule has 0 aliphatic carbocycles. The van der Waals surface area contributed by atoms with Gasteiger partial charge in [-0.1, -0.05) is 72.8 Å². The number of hydrogen-bond acceptors (Lipinski definition) is 13. The molecule has 0 aromatic heterocycles. The molecule has 0 aliphatic heterocycles. The molecular formula is C85H56O13. The predicted molar refractivity (Wildman–Crippen MR) is 371 cm³/mol. The minimum absolute atomic E-state index is 0.169. The zero-order valence-electron chi connectivity index (χ0n) is 52.4. The summed E-state index contributed by atoms with van der Waals surface area (Å²) in [6.07, 6.45) is 0. The summed E-state index contributed by atoms with van der Waals surface area (Å²) in [6.45, 7) is 0.